The number of hydrogen-bond acceptors (Lipinski definition) is 2. The van der Waals surface area contributed by atoms with Gasteiger partial charge in [-0.25, -0.2) is 0 Å². The van der Waals surface area contributed by atoms with E-state index in [0.29, 0.717) is 0 Å². The number of nitrogen functional groups attached to an aromatic ring is 1. The number of benzene rings is 1. The molecule has 96 valence electrons. The second kappa shape index (κ2) is 3.97. The number of rotatable bonds is 3. The first kappa shape index (κ1) is 11.3. The quantitative estimate of drug-likeness (QED) is 0.842. The summed E-state index contributed by atoms with van der Waals surface area (Å²) in [5.74, 6) is 4.09. The van der Waals surface area contributed by atoms with Crippen molar-refractivity contribution in [2.24, 2.45) is 23.7 Å². The summed E-state index contributed by atoms with van der Waals surface area (Å²) < 4.78 is 1.16. The topological polar surface area (TPSA) is 38.0 Å². The van der Waals surface area contributed by atoms with Crippen LogP contribution in [0.3, 0.4) is 0 Å². The molecule has 4 atom stereocenters. The molecule has 3 aliphatic rings. The first-order chi connectivity index (χ1) is 8.74. The molecule has 4 rings (SSSR count). The highest BCUT2D eigenvalue weighted by molar-refractivity contribution is 9.10. The normalized spacial score (nSPS) is 39.9. The predicted octanol–water partition coefficient (Wildman–Crippen LogP) is 3.17. The Bertz CT molecular complexity index is 471. The number of nitrogens with one attached hydrogen (secondary N) is 1. The molecule has 3 N–H and O–H groups in total. The van der Waals surface area contributed by atoms with Crippen LogP contribution in [0.2, 0.25) is 0 Å². The van der Waals surface area contributed by atoms with E-state index < -0.39 is 0 Å². The van der Waals surface area contributed by atoms with Gasteiger partial charge < -0.3 is 11.1 Å². The molecule has 1 aromatic rings. The van der Waals surface area contributed by atoms with Gasteiger partial charge in [-0.2, -0.15) is 0 Å². The fourth-order valence-electron chi connectivity index (χ4n) is 4.56. The largest absolute Gasteiger partial charge is 0.399 e. The number of halogens is 1. The lowest BCUT2D eigenvalue weighted by Gasteiger charge is -2.12. The lowest BCUT2D eigenvalue weighted by atomic mass is 10.0. The van der Waals surface area contributed by atoms with Crippen LogP contribution in [0.4, 0.5) is 5.69 Å². The maximum atomic E-state index is 5.85. The van der Waals surface area contributed by atoms with Crippen LogP contribution in [0.25, 0.3) is 0 Å². The van der Waals surface area contributed by atoms with Gasteiger partial charge in [0.25, 0.3) is 0 Å². The van der Waals surface area contributed by atoms with Gasteiger partial charge in [-0.15, -0.1) is 0 Å². The van der Waals surface area contributed by atoms with Gasteiger partial charge in [-0.05, 0) is 66.7 Å². The van der Waals surface area contributed by atoms with Crippen molar-refractivity contribution >= 4 is 21.6 Å². The number of anilines is 1. The highest BCUT2D eigenvalue weighted by Gasteiger charge is 2.64. The Labute approximate surface area is 116 Å². The Hall–Kier alpha value is -0.540. The highest BCUT2D eigenvalue weighted by Crippen LogP contribution is 2.65. The van der Waals surface area contributed by atoms with E-state index in [2.05, 4.69) is 27.3 Å². The number of fused-ring (bicyclic) bond motifs is 5. The van der Waals surface area contributed by atoms with Crippen molar-refractivity contribution in [1.82, 2.24) is 5.32 Å². The van der Waals surface area contributed by atoms with Crippen LogP contribution >= 0.6 is 15.9 Å². The molecule has 1 aromatic carbocycles. The molecule has 4 unspecified atom stereocenters. The maximum Gasteiger partial charge on any atom is 0.0318 e. The molecule has 2 bridgehead atoms. The van der Waals surface area contributed by atoms with Crippen LogP contribution < -0.4 is 11.1 Å². The van der Waals surface area contributed by atoms with Crippen LogP contribution in [-0.4, -0.2) is 6.04 Å². The minimum Gasteiger partial charge on any atom is -0.399 e. The zero-order valence-electron chi connectivity index (χ0n) is 10.4. The second-order valence-corrected chi connectivity index (χ2v) is 7.10. The summed E-state index contributed by atoms with van der Waals surface area (Å²) in [5, 5.41) is 3.76. The Morgan fingerprint density at radius 3 is 2.67 bits per heavy atom. The molecular formula is C15H19BrN2. The molecular weight excluding hydrogens is 288 g/mol. The van der Waals surface area contributed by atoms with E-state index in [1.807, 2.05) is 12.1 Å². The van der Waals surface area contributed by atoms with Crippen molar-refractivity contribution in [3.63, 3.8) is 0 Å². The van der Waals surface area contributed by atoms with E-state index in [9.17, 15) is 0 Å². The van der Waals surface area contributed by atoms with Gasteiger partial charge in [0.05, 0.1) is 0 Å². The van der Waals surface area contributed by atoms with E-state index in [-0.39, 0.29) is 0 Å². The standard InChI is InChI=1S/C15H19BrN2/c16-12-4-3-11(17)6-10(12)7-18-15-13-8-1-2-9(5-8)14(13)15/h3-4,6,8-9,13-15,18H,1-2,5,7,17H2. The Morgan fingerprint density at radius 2 is 1.94 bits per heavy atom. The zero-order chi connectivity index (χ0) is 12.3. The first-order valence-electron chi connectivity index (χ1n) is 7.01. The lowest BCUT2D eigenvalue weighted by molar-refractivity contribution is 0.456. The zero-order valence-corrected chi connectivity index (χ0v) is 12.0. The van der Waals surface area contributed by atoms with Gasteiger partial charge in [0.15, 0.2) is 0 Å². The molecule has 3 heteroatoms. The summed E-state index contributed by atoms with van der Waals surface area (Å²) in [6.07, 6.45) is 4.51. The van der Waals surface area contributed by atoms with Crippen LogP contribution in [0.1, 0.15) is 24.8 Å². The predicted molar refractivity (Wildman–Crippen MR) is 77.0 cm³/mol. The van der Waals surface area contributed by atoms with E-state index >= 15 is 0 Å². The molecule has 18 heavy (non-hydrogen) atoms. The first-order valence-corrected chi connectivity index (χ1v) is 7.80. The summed E-state index contributed by atoms with van der Waals surface area (Å²) in [7, 11) is 0. The third kappa shape index (κ3) is 1.64. The van der Waals surface area contributed by atoms with Crippen LogP contribution in [0.5, 0.6) is 0 Å². The van der Waals surface area contributed by atoms with Gasteiger partial charge in [-0.3, -0.25) is 0 Å². The van der Waals surface area contributed by atoms with Crippen molar-refractivity contribution < 1.29 is 0 Å². The summed E-state index contributed by atoms with van der Waals surface area (Å²) >= 11 is 3.60. The van der Waals surface area contributed by atoms with Crippen molar-refractivity contribution in [1.29, 1.82) is 0 Å². The van der Waals surface area contributed by atoms with E-state index in [4.69, 9.17) is 5.73 Å². The third-order valence-electron chi connectivity index (χ3n) is 5.33. The number of hydrogen-bond donors (Lipinski definition) is 2. The van der Waals surface area contributed by atoms with Gasteiger partial charge in [0, 0.05) is 22.7 Å². The molecule has 3 saturated carbocycles. The van der Waals surface area contributed by atoms with Crippen molar-refractivity contribution in [3.05, 3.63) is 28.2 Å². The molecule has 0 aromatic heterocycles. The average molecular weight is 307 g/mol. The van der Waals surface area contributed by atoms with Gasteiger partial charge in [-0.1, -0.05) is 15.9 Å². The highest BCUT2D eigenvalue weighted by atomic mass is 79.9. The Balaban J connectivity index is 1.41. The molecule has 0 saturated heterocycles. The average Bonchev–Trinajstić information content (AvgIpc) is 2.76. The van der Waals surface area contributed by atoms with Crippen molar-refractivity contribution in [2.75, 3.05) is 5.73 Å². The fraction of sp³-hybridized carbons (Fsp3) is 0.600. The van der Waals surface area contributed by atoms with E-state index in [1.54, 1.807) is 0 Å². The Kier molecular flexibility index (Phi) is 2.50. The van der Waals surface area contributed by atoms with Crippen LogP contribution in [0, 0.1) is 23.7 Å². The van der Waals surface area contributed by atoms with Gasteiger partial charge >= 0.3 is 0 Å². The van der Waals surface area contributed by atoms with E-state index in [0.717, 1.165) is 46.4 Å². The molecule has 3 fully saturated rings. The van der Waals surface area contributed by atoms with Gasteiger partial charge in [0.1, 0.15) is 0 Å². The van der Waals surface area contributed by atoms with Crippen LogP contribution in [0.15, 0.2) is 22.7 Å². The molecule has 0 radical (unpaired) electrons. The minimum atomic E-state index is 0.796. The third-order valence-corrected chi connectivity index (χ3v) is 6.11. The molecule has 2 nitrogen and oxygen atoms in total. The number of nitrogens with two attached hydrogens (primary N) is 1. The molecule has 0 aliphatic heterocycles. The molecule has 0 amide bonds. The monoisotopic (exact) mass is 306 g/mol. The summed E-state index contributed by atoms with van der Waals surface area (Å²) in [6, 6.07) is 6.86. The molecule has 0 spiro atoms. The second-order valence-electron chi connectivity index (χ2n) is 6.25. The van der Waals surface area contributed by atoms with Crippen molar-refractivity contribution in [2.45, 2.75) is 31.8 Å². The lowest BCUT2D eigenvalue weighted by Crippen LogP contribution is -2.22. The van der Waals surface area contributed by atoms with Crippen molar-refractivity contribution in [3.8, 4) is 0 Å². The van der Waals surface area contributed by atoms with E-state index in [1.165, 1.54) is 24.8 Å². The SMILES string of the molecule is Nc1ccc(Br)c(CNC2C3C4CCC(C4)C23)c1. The minimum absolute atomic E-state index is 0.796. The van der Waals surface area contributed by atoms with Gasteiger partial charge in [0.2, 0.25) is 0 Å². The smallest absolute Gasteiger partial charge is 0.0318 e. The molecule has 0 heterocycles. The fourth-order valence-corrected chi connectivity index (χ4v) is 4.94. The maximum absolute atomic E-state index is 5.85. The summed E-state index contributed by atoms with van der Waals surface area (Å²) in [4.78, 5) is 0. The van der Waals surface area contributed by atoms with Crippen LogP contribution in [-0.2, 0) is 6.54 Å². The Morgan fingerprint density at radius 1 is 1.22 bits per heavy atom. The molecule has 3 aliphatic carbocycles. The summed E-state index contributed by atoms with van der Waals surface area (Å²) in [6.45, 7) is 0.947. The summed E-state index contributed by atoms with van der Waals surface area (Å²) in [5.41, 5.74) is 7.98.